The minimum Gasteiger partial charge on any atom is -0.352 e. The second kappa shape index (κ2) is 13.0. The van der Waals surface area contributed by atoms with E-state index in [1.54, 1.807) is 35.7 Å². The van der Waals surface area contributed by atoms with Crippen molar-refractivity contribution in [3.8, 4) is 0 Å². The van der Waals surface area contributed by atoms with Crippen LogP contribution in [-0.4, -0.2) is 34.6 Å². The minimum atomic E-state index is -0.588. The first-order valence-corrected chi connectivity index (χ1v) is 12.4. The van der Waals surface area contributed by atoms with E-state index >= 15 is 0 Å². The number of amides is 2. The van der Waals surface area contributed by atoms with Gasteiger partial charge >= 0.3 is 0 Å². The summed E-state index contributed by atoms with van der Waals surface area (Å²) in [6, 6.07) is 14.9. The number of thioether (sulfide) groups is 1. The third kappa shape index (κ3) is 8.40. The van der Waals surface area contributed by atoms with Gasteiger partial charge in [0.05, 0.1) is 10.0 Å². The third-order valence-corrected chi connectivity index (χ3v) is 6.85. The second-order valence-electron chi connectivity index (χ2n) is 7.55. The Kier molecular flexibility index (Phi) is 10.7. The third-order valence-electron chi connectivity index (χ3n) is 5.08. The molecule has 168 valence electrons. The van der Waals surface area contributed by atoms with Gasteiger partial charge in [-0.05, 0) is 43.5 Å². The highest BCUT2D eigenvalue weighted by molar-refractivity contribution is 7.98. The van der Waals surface area contributed by atoms with Gasteiger partial charge in [-0.15, -0.1) is 0 Å². The fourth-order valence-corrected chi connectivity index (χ4v) is 4.16. The smallest absolute Gasteiger partial charge is 0.242 e. The van der Waals surface area contributed by atoms with Crippen LogP contribution in [-0.2, 0) is 21.9 Å². The summed E-state index contributed by atoms with van der Waals surface area (Å²) in [4.78, 5) is 27.4. The molecule has 0 saturated carbocycles. The Bertz CT molecular complexity index is 864. The summed E-state index contributed by atoms with van der Waals surface area (Å²) in [5.41, 5.74) is 2.07. The van der Waals surface area contributed by atoms with Crippen molar-refractivity contribution in [3.05, 3.63) is 69.7 Å². The molecule has 2 rings (SSSR count). The van der Waals surface area contributed by atoms with E-state index in [1.807, 2.05) is 38.1 Å². The quantitative estimate of drug-likeness (QED) is 0.404. The highest BCUT2D eigenvalue weighted by Crippen LogP contribution is 2.24. The van der Waals surface area contributed by atoms with E-state index < -0.39 is 6.04 Å². The first-order chi connectivity index (χ1) is 14.8. The van der Waals surface area contributed by atoms with Crippen LogP contribution in [0.25, 0.3) is 0 Å². The van der Waals surface area contributed by atoms with Gasteiger partial charge in [0.1, 0.15) is 6.04 Å². The molecular weight excluding hydrogens is 451 g/mol. The molecule has 7 heteroatoms. The molecule has 4 nitrogen and oxygen atoms in total. The fourth-order valence-electron chi connectivity index (χ4n) is 2.95. The Morgan fingerprint density at radius 1 is 1.03 bits per heavy atom. The minimum absolute atomic E-state index is 0.0540. The highest BCUT2D eigenvalue weighted by Gasteiger charge is 2.26. The molecule has 0 bridgehead atoms. The molecule has 0 saturated heterocycles. The lowest BCUT2D eigenvalue weighted by Crippen LogP contribution is -2.49. The molecule has 2 aromatic carbocycles. The van der Waals surface area contributed by atoms with Crippen LogP contribution in [0.5, 0.6) is 0 Å². The summed E-state index contributed by atoms with van der Waals surface area (Å²) in [7, 11) is 0. The van der Waals surface area contributed by atoms with E-state index in [0.29, 0.717) is 28.8 Å². The number of carbonyl (C=O) groups excluding carboxylic acids is 2. The van der Waals surface area contributed by atoms with Crippen molar-refractivity contribution < 1.29 is 9.59 Å². The van der Waals surface area contributed by atoms with Crippen molar-refractivity contribution in [2.45, 2.75) is 58.0 Å². The van der Waals surface area contributed by atoms with Crippen LogP contribution < -0.4 is 5.32 Å². The zero-order valence-electron chi connectivity index (χ0n) is 18.2. The predicted octanol–water partition coefficient (Wildman–Crippen LogP) is 5.95. The Labute approximate surface area is 199 Å². The Balaban J connectivity index is 2.04. The highest BCUT2D eigenvalue weighted by atomic mass is 35.5. The SMILES string of the molecule is CC[C@@H](C)NC(=O)[C@H](C)N(Cc1ccc(Cl)c(Cl)c1)C(=O)CCSCc1ccccc1. The number of carbonyl (C=O) groups is 2. The molecule has 0 aliphatic heterocycles. The van der Waals surface area contributed by atoms with Gasteiger partial charge in [-0.2, -0.15) is 11.8 Å². The standard InChI is InChI=1S/C24H30Cl2N2O2S/c1-4-17(2)27-24(30)18(3)28(15-20-10-11-21(25)22(26)14-20)23(29)12-13-31-16-19-8-6-5-7-9-19/h5-11,14,17-18H,4,12-13,15-16H2,1-3H3,(H,27,30)/t17-,18+/m1/s1. The molecule has 0 radical (unpaired) electrons. The van der Waals surface area contributed by atoms with Gasteiger partial charge in [0.25, 0.3) is 0 Å². The number of halogens is 2. The molecule has 0 heterocycles. The van der Waals surface area contributed by atoms with Gasteiger partial charge in [0.2, 0.25) is 11.8 Å². The summed E-state index contributed by atoms with van der Waals surface area (Å²) in [6.45, 7) is 6.03. The van der Waals surface area contributed by atoms with E-state index in [4.69, 9.17) is 23.2 Å². The molecule has 0 aliphatic carbocycles. The van der Waals surface area contributed by atoms with E-state index in [1.165, 1.54) is 5.56 Å². The maximum Gasteiger partial charge on any atom is 0.242 e. The molecule has 0 spiro atoms. The van der Waals surface area contributed by atoms with Crippen molar-refractivity contribution in [2.24, 2.45) is 0 Å². The average molecular weight is 481 g/mol. The molecule has 1 N–H and O–H groups in total. The number of nitrogens with one attached hydrogen (secondary N) is 1. The van der Waals surface area contributed by atoms with Crippen LogP contribution in [0.1, 0.15) is 44.7 Å². The Morgan fingerprint density at radius 3 is 2.39 bits per heavy atom. The number of nitrogens with zero attached hydrogens (tertiary/aromatic N) is 1. The van der Waals surface area contributed by atoms with Crippen molar-refractivity contribution in [1.29, 1.82) is 0 Å². The van der Waals surface area contributed by atoms with Crippen molar-refractivity contribution in [1.82, 2.24) is 10.2 Å². The van der Waals surface area contributed by atoms with Gasteiger partial charge in [-0.3, -0.25) is 9.59 Å². The lowest BCUT2D eigenvalue weighted by molar-refractivity contribution is -0.140. The molecule has 0 aliphatic rings. The maximum atomic E-state index is 13.1. The number of rotatable bonds is 11. The topological polar surface area (TPSA) is 49.4 Å². The molecular formula is C24H30Cl2N2O2S. The molecule has 0 fully saturated rings. The first kappa shape index (κ1) is 25.6. The number of hydrogen-bond donors (Lipinski definition) is 1. The van der Waals surface area contributed by atoms with Crippen LogP contribution in [0.15, 0.2) is 48.5 Å². The Morgan fingerprint density at radius 2 is 1.74 bits per heavy atom. The van der Waals surface area contributed by atoms with Crippen LogP contribution in [0.3, 0.4) is 0 Å². The largest absolute Gasteiger partial charge is 0.352 e. The van der Waals surface area contributed by atoms with Crippen molar-refractivity contribution >= 4 is 46.8 Å². The van der Waals surface area contributed by atoms with Crippen LogP contribution in [0.2, 0.25) is 10.0 Å². The van der Waals surface area contributed by atoms with Gasteiger partial charge in [0, 0.05) is 30.5 Å². The Hall–Kier alpha value is -1.69. The van der Waals surface area contributed by atoms with Crippen LogP contribution in [0, 0.1) is 0 Å². The van der Waals surface area contributed by atoms with E-state index in [2.05, 4.69) is 17.4 Å². The summed E-state index contributed by atoms with van der Waals surface area (Å²) < 4.78 is 0. The summed E-state index contributed by atoms with van der Waals surface area (Å²) >= 11 is 13.9. The predicted molar refractivity (Wildman–Crippen MR) is 132 cm³/mol. The average Bonchev–Trinajstić information content (AvgIpc) is 2.77. The number of benzene rings is 2. The van der Waals surface area contributed by atoms with E-state index in [-0.39, 0.29) is 17.9 Å². The molecule has 2 amide bonds. The van der Waals surface area contributed by atoms with Crippen molar-refractivity contribution in [3.63, 3.8) is 0 Å². The van der Waals surface area contributed by atoms with Gasteiger partial charge < -0.3 is 10.2 Å². The normalized spacial score (nSPS) is 12.8. The lowest BCUT2D eigenvalue weighted by Gasteiger charge is -2.30. The fraction of sp³-hybridized carbons (Fsp3) is 0.417. The summed E-state index contributed by atoms with van der Waals surface area (Å²) in [5, 5.41) is 3.87. The van der Waals surface area contributed by atoms with Crippen LogP contribution in [0.4, 0.5) is 0 Å². The van der Waals surface area contributed by atoms with Gasteiger partial charge in [0.15, 0.2) is 0 Å². The van der Waals surface area contributed by atoms with E-state index in [9.17, 15) is 9.59 Å². The molecule has 0 unspecified atom stereocenters. The molecule has 0 aromatic heterocycles. The van der Waals surface area contributed by atoms with E-state index in [0.717, 1.165) is 17.7 Å². The molecule has 2 aromatic rings. The zero-order valence-corrected chi connectivity index (χ0v) is 20.6. The first-order valence-electron chi connectivity index (χ1n) is 10.5. The monoisotopic (exact) mass is 480 g/mol. The lowest BCUT2D eigenvalue weighted by atomic mass is 10.1. The molecule has 31 heavy (non-hydrogen) atoms. The number of hydrogen-bond acceptors (Lipinski definition) is 3. The summed E-state index contributed by atoms with van der Waals surface area (Å²) in [6.07, 6.45) is 1.19. The van der Waals surface area contributed by atoms with Gasteiger partial charge in [-0.1, -0.05) is 66.5 Å². The second-order valence-corrected chi connectivity index (χ2v) is 9.47. The maximum absolute atomic E-state index is 13.1. The van der Waals surface area contributed by atoms with Crippen molar-refractivity contribution in [2.75, 3.05) is 5.75 Å². The van der Waals surface area contributed by atoms with Crippen LogP contribution >= 0.6 is 35.0 Å². The molecule has 2 atom stereocenters. The summed E-state index contributed by atoms with van der Waals surface area (Å²) in [5.74, 6) is 1.33. The zero-order chi connectivity index (χ0) is 22.8. The van der Waals surface area contributed by atoms with Gasteiger partial charge in [-0.25, -0.2) is 0 Å².